The zero-order valence-corrected chi connectivity index (χ0v) is 30.0. The van der Waals surface area contributed by atoms with Crippen LogP contribution in [-0.2, 0) is 45.1 Å². The Bertz CT molecular complexity index is 1470. The summed E-state index contributed by atoms with van der Waals surface area (Å²) in [4.78, 5) is 26.0. The van der Waals surface area contributed by atoms with Crippen molar-refractivity contribution >= 4 is 45.0 Å². The molecule has 1 aliphatic heterocycles. The molecule has 1 aliphatic rings. The number of hydrogen-bond acceptors (Lipinski definition) is 11. The third-order valence-corrected chi connectivity index (χ3v) is 9.49. The van der Waals surface area contributed by atoms with Crippen LogP contribution in [0.5, 0.6) is 0 Å². The highest BCUT2D eigenvalue weighted by atomic mass is 35.5. The average Bonchev–Trinajstić information content (AvgIpc) is 3.08. The minimum Gasteiger partial charge on any atom is -0.380 e. The first-order valence-electron chi connectivity index (χ1n) is 15.9. The molecule has 2 aromatic carbocycles. The van der Waals surface area contributed by atoms with Crippen molar-refractivity contribution in [3.05, 3.63) is 63.1 Å². The quantitative estimate of drug-likeness (QED) is 0.108. The summed E-state index contributed by atoms with van der Waals surface area (Å²) < 4.78 is 49.9. The number of fused-ring (bicyclic) bond motifs is 1. The highest BCUT2D eigenvalue weighted by Crippen LogP contribution is 2.38. The molecule has 0 fully saturated rings. The third kappa shape index (κ3) is 13.3. The molecule has 49 heavy (non-hydrogen) atoms. The fourth-order valence-corrected chi connectivity index (χ4v) is 6.67. The molecule has 0 saturated heterocycles. The summed E-state index contributed by atoms with van der Waals surface area (Å²) in [6.45, 7) is 5.40. The van der Waals surface area contributed by atoms with Crippen LogP contribution in [-0.4, -0.2) is 134 Å². The fraction of sp³-hybridized carbons (Fsp3) is 0.562. The van der Waals surface area contributed by atoms with Gasteiger partial charge in [0, 0.05) is 55.3 Å². The lowest BCUT2D eigenvalue weighted by Gasteiger charge is -2.33. The summed E-state index contributed by atoms with van der Waals surface area (Å²) in [7, 11) is -1.79. The molecule has 0 spiro atoms. The van der Waals surface area contributed by atoms with Crippen LogP contribution < -0.4 is 15.4 Å². The van der Waals surface area contributed by atoms with Gasteiger partial charge < -0.3 is 44.7 Å². The molecule has 3 rings (SSSR count). The molecule has 14 nitrogen and oxygen atoms in total. The number of nitrogens with one attached hydrogen (secondary N) is 3. The number of amides is 2. The first-order valence-corrected chi connectivity index (χ1v) is 18.2. The summed E-state index contributed by atoms with van der Waals surface area (Å²) in [6.07, 6.45) is -3.84. The summed E-state index contributed by atoms with van der Waals surface area (Å²) in [5, 5.41) is 25.6. The van der Waals surface area contributed by atoms with Gasteiger partial charge in [0.1, 0.15) is 0 Å². The van der Waals surface area contributed by atoms with E-state index in [4.69, 9.17) is 42.1 Å². The van der Waals surface area contributed by atoms with Crippen molar-refractivity contribution in [2.24, 2.45) is 0 Å². The number of aliphatic hydroxyl groups excluding tert-OH is 2. The summed E-state index contributed by atoms with van der Waals surface area (Å²) in [5.41, 5.74) is 2.83. The molecule has 0 saturated carbocycles. The van der Waals surface area contributed by atoms with Gasteiger partial charge in [0.25, 0.3) is 11.8 Å². The second kappa shape index (κ2) is 21.1. The number of nitrogens with zero attached hydrogens (tertiary/aromatic N) is 1. The fourth-order valence-electron chi connectivity index (χ4n) is 5.04. The van der Waals surface area contributed by atoms with Gasteiger partial charge in [-0.15, -0.1) is 0 Å². The van der Waals surface area contributed by atoms with Crippen LogP contribution in [0.25, 0.3) is 0 Å². The van der Waals surface area contributed by atoms with Gasteiger partial charge in [-0.1, -0.05) is 35.3 Å². The van der Waals surface area contributed by atoms with Gasteiger partial charge >= 0.3 is 0 Å². The molecular formula is C32H46Cl2N4O10S. The van der Waals surface area contributed by atoms with E-state index in [0.717, 1.165) is 16.7 Å². The van der Waals surface area contributed by atoms with E-state index in [9.17, 15) is 28.2 Å². The predicted octanol–water partition coefficient (Wildman–Crippen LogP) is 0.890. The molecule has 1 unspecified atom stereocenters. The lowest BCUT2D eigenvalue weighted by molar-refractivity contribution is -0.146. The maximum absolute atomic E-state index is 13.0. The average molecular weight is 750 g/mol. The third-order valence-electron chi connectivity index (χ3n) is 7.48. The normalized spacial score (nSPS) is 16.2. The molecule has 1 heterocycles. The molecule has 0 bridgehead atoms. The maximum atomic E-state index is 13.0. The van der Waals surface area contributed by atoms with Gasteiger partial charge in [0.15, 0.2) is 12.2 Å². The largest absolute Gasteiger partial charge is 0.380 e. The molecule has 0 aliphatic carbocycles. The van der Waals surface area contributed by atoms with Crippen molar-refractivity contribution in [3.8, 4) is 0 Å². The van der Waals surface area contributed by atoms with Crippen LogP contribution in [0.4, 0.5) is 0 Å². The van der Waals surface area contributed by atoms with E-state index in [1.54, 1.807) is 31.2 Å². The number of rotatable bonds is 22. The van der Waals surface area contributed by atoms with E-state index in [1.807, 2.05) is 19.2 Å². The number of likely N-dealkylation sites (N-methyl/N-ethyl adjacent to an activating group) is 1. The maximum Gasteiger partial charge on any atom is 0.252 e. The van der Waals surface area contributed by atoms with Gasteiger partial charge in [-0.2, -0.15) is 0 Å². The number of carbonyl (C=O) groups is 2. The van der Waals surface area contributed by atoms with Crippen LogP contribution in [0.1, 0.15) is 29.5 Å². The number of benzene rings is 2. The monoisotopic (exact) mass is 748 g/mol. The Kier molecular flexibility index (Phi) is 17.6. The minimum atomic E-state index is -3.78. The number of halogens is 2. The highest BCUT2D eigenvalue weighted by molar-refractivity contribution is 7.89. The molecule has 17 heteroatoms. The lowest BCUT2D eigenvalue weighted by Crippen LogP contribution is -2.50. The van der Waals surface area contributed by atoms with E-state index < -0.39 is 34.0 Å². The Hall–Kier alpha value is -2.41. The molecule has 5 N–H and O–H groups in total. The Balaban J connectivity index is 1.26. The van der Waals surface area contributed by atoms with Crippen LogP contribution in [0.15, 0.2) is 41.3 Å². The van der Waals surface area contributed by atoms with E-state index in [-0.39, 0.29) is 76.7 Å². The molecule has 274 valence electrons. The van der Waals surface area contributed by atoms with Crippen LogP contribution >= 0.6 is 23.2 Å². The molecule has 2 aromatic rings. The first-order chi connectivity index (χ1) is 23.4. The van der Waals surface area contributed by atoms with Gasteiger partial charge in [-0.3, -0.25) is 9.59 Å². The van der Waals surface area contributed by atoms with Crippen molar-refractivity contribution < 1.29 is 47.2 Å². The van der Waals surface area contributed by atoms with Crippen LogP contribution in [0.3, 0.4) is 0 Å². The standard InChI is InChI=1S/C32H46Cl2N4O10S/c1-3-45-10-7-35-31(41)29(39)30(40)32(42)36-8-11-46-13-15-48-16-14-47-12-9-37-49(43,44)24-6-4-5-22(17-24)26-20-38(2)21-27-25(26)18-23(33)19-28(27)34/h4-6,17-19,26,29-30,37,39-40H,3,7-16,20-21H2,1-2H3,(H,35,41)(H,36,42)/t26?,29-,30-/m0/s1. The van der Waals surface area contributed by atoms with Crippen LogP contribution in [0, 0.1) is 0 Å². The Morgan fingerprint density at radius 1 is 0.878 bits per heavy atom. The summed E-state index contributed by atoms with van der Waals surface area (Å²) >= 11 is 12.8. The number of sulfonamides is 1. The van der Waals surface area contributed by atoms with Crippen molar-refractivity contribution in [1.82, 2.24) is 20.3 Å². The number of ether oxygens (including phenoxy) is 4. The first kappa shape index (κ1) is 41.0. The zero-order chi connectivity index (χ0) is 35.8. The molecule has 2 amide bonds. The van der Waals surface area contributed by atoms with Crippen molar-refractivity contribution in [3.63, 3.8) is 0 Å². The minimum absolute atomic E-state index is 0.0491. The lowest BCUT2D eigenvalue weighted by atomic mass is 9.85. The summed E-state index contributed by atoms with van der Waals surface area (Å²) in [5.74, 6) is -1.88. The van der Waals surface area contributed by atoms with Gasteiger partial charge in [0.05, 0.1) is 51.1 Å². The van der Waals surface area contributed by atoms with E-state index in [1.165, 1.54) is 0 Å². The SMILES string of the molecule is CCOCCNC(=O)[C@@H](O)[C@H](O)C(=O)NCCOCCOCCOCCNS(=O)(=O)c1cccc(C2CN(C)Cc3c(Cl)cc(Cl)cc32)c1. The zero-order valence-electron chi connectivity index (χ0n) is 27.7. The van der Waals surface area contributed by atoms with Crippen molar-refractivity contribution in [2.75, 3.05) is 86.1 Å². The van der Waals surface area contributed by atoms with Crippen molar-refractivity contribution in [1.29, 1.82) is 0 Å². The predicted molar refractivity (Wildman–Crippen MR) is 183 cm³/mol. The summed E-state index contributed by atoms with van der Waals surface area (Å²) in [6, 6.07) is 10.5. The van der Waals surface area contributed by atoms with E-state index in [2.05, 4.69) is 20.3 Å². The molecule has 0 radical (unpaired) electrons. The van der Waals surface area contributed by atoms with Crippen molar-refractivity contribution in [2.45, 2.75) is 36.5 Å². The van der Waals surface area contributed by atoms with Gasteiger partial charge in [-0.05, 0) is 54.9 Å². The van der Waals surface area contributed by atoms with E-state index in [0.29, 0.717) is 29.7 Å². The molecule has 0 aromatic heterocycles. The Morgan fingerprint density at radius 3 is 2.06 bits per heavy atom. The van der Waals surface area contributed by atoms with Gasteiger partial charge in [-0.25, -0.2) is 13.1 Å². The van der Waals surface area contributed by atoms with Crippen LogP contribution in [0.2, 0.25) is 10.0 Å². The van der Waals surface area contributed by atoms with Gasteiger partial charge in [0.2, 0.25) is 10.0 Å². The number of aliphatic hydroxyl groups is 2. The van der Waals surface area contributed by atoms with E-state index >= 15 is 0 Å². The number of hydrogen-bond donors (Lipinski definition) is 5. The molecular weight excluding hydrogens is 703 g/mol. The second-order valence-electron chi connectivity index (χ2n) is 11.2. The molecule has 3 atom stereocenters. The Morgan fingerprint density at radius 2 is 1.45 bits per heavy atom. The smallest absolute Gasteiger partial charge is 0.252 e. The Labute approximate surface area is 297 Å². The number of carbonyl (C=O) groups excluding carboxylic acids is 2. The topological polar surface area (TPSA) is 185 Å². The highest BCUT2D eigenvalue weighted by Gasteiger charge is 2.30. The second-order valence-corrected chi connectivity index (χ2v) is 13.8.